The molecule has 27 heavy (non-hydrogen) atoms. The SMILES string of the molecule is COC(=O)C(C(=O)OC)[C@H](C)[C@H](NC(=O)COCc1ccccc1)C(N)=O. The third-order valence-corrected chi connectivity index (χ3v) is 3.93. The van der Waals surface area contributed by atoms with Gasteiger partial charge in [0.25, 0.3) is 0 Å². The molecule has 2 atom stereocenters. The van der Waals surface area contributed by atoms with Crippen molar-refractivity contribution in [1.82, 2.24) is 5.32 Å². The van der Waals surface area contributed by atoms with Crippen LogP contribution in [-0.4, -0.2) is 50.6 Å². The standard InChI is InChI=1S/C18H24N2O7/c1-11(14(17(23)25-2)18(24)26-3)15(16(19)22)20-13(21)10-27-9-12-7-5-4-6-8-12/h4-8,11,14-15H,9-10H2,1-3H3,(H2,19,22)(H,20,21)/t11-,15-/m0/s1. The molecule has 148 valence electrons. The van der Waals surface area contributed by atoms with Gasteiger partial charge in [-0.1, -0.05) is 37.3 Å². The topological polar surface area (TPSA) is 134 Å². The first kappa shape index (κ1) is 22.1. The van der Waals surface area contributed by atoms with Gasteiger partial charge < -0.3 is 25.3 Å². The van der Waals surface area contributed by atoms with Gasteiger partial charge in [0.15, 0.2) is 5.92 Å². The van der Waals surface area contributed by atoms with Crippen molar-refractivity contribution in [2.45, 2.75) is 19.6 Å². The van der Waals surface area contributed by atoms with Gasteiger partial charge >= 0.3 is 11.9 Å². The number of rotatable bonds is 10. The number of methoxy groups -OCH3 is 2. The van der Waals surface area contributed by atoms with Gasteiger partial charge in [0.05, 0.1) is 20.8 Å². The summed E-state index contributed by atoms with van der Waals surface area (Å²) in [5.41, 5.74) is 6.20. The van der Waals surface area contributed by atoms with E-state index in [2.05, 4.69) is 14.8 Å². The van der Waals surface area contributed by atoms with Crippen LogP contribution in [-0.2, 0) is 40.0 Å². The molecule has 0 fully saturated rings. The van der Waals surface area contributed by atoms with E-state index >= 15 is 0 Å². The molecule has 0 aliphatic rings. The highest BCUT2D eigenvalue weighted by Gasteiger charge is 2.41. The normalized spacial score (nSPS) is 12.7. The number of nitrogens with one attached hydrogen (secondary N) is 1. The van der Waals surface area contributed by atoms with E-state index in [4.69, 9.17) is 10.5 Å². The summed E-state index contributed by atoms with van der Waals surface area (Å²) < 4.78 is 14.4. The van der Waals surface area contributed by atoms with Crippen molar-refractivity contribution in [3.05, 3.63) is 35.9 Å². The zero-order valence-corrected chi connectivity index (χ0v) is 15.5. The molecule has 9 nitrogen and oxygen atoms in total. The number of primary amides is 1. The number of hydrogen-bond donors (Lipinski definition) is 2. The second-order valence-electron chi connectivity index (χ2n) is 5.81. The molecule has 0 radical (unpaired) electrons. The highest BCUT2D eigenvalue weighted by Crippen LogP contribution is 2.19. The van der Waals surface area contributed by atoms with E-state index in [-0.39, 0.29) is 13.2 Å². The first-order chi connectivity index (χ1) is 12.8. The molecule has 0 aromatic heterocycles. The van der Waals surface area contributed by atoms with E-state index in [1.807, 2.05) is 30.3 Å². The zero-order chi connectivity index (χ0) is 20.4. The number of ether oxygens (including phenoxy) is 3. The summed E-state index contributed by atoms with van der Waals surface area (Å²) in [4.78, 5) is 47.6. The Hall–Kier alpha value is -2.94. The van der Waals surface area contributed by atoms with Crippen LogP contribution in [0.2, 0.25) is 0 Å². The van der Waals surface area contributed by atoms with Gasteiger partial charge in [-0.2, -0.15) is 0 Å². The number of esters is 2. The summed E-state index contributed by atoms with van der Waals surface area (Å²) in [7, 11) is 2.19. The minimum absolute atomic E-state index is 0.206. The summed E-state index contributed by atoms with van der Waals surface area (Å²) in [6.07, 6.45) is 0. The fraction of sp³-hybridized carbons (Fsp3) is 0.444. The van der Waals surface area contributed by atoms with Crippen molar-refractivity contribution in [1.29, 1.82) is 0 Å². The molecular weight excluding hydrogens is 356 g/mol. The molecule has 0 unspecified atom stereocenters. The van der Waals surface area contributed by atoms with Crippen molar-refractivity contribution in [2.24, 2.45) is 17.6 Å². The minimum atomic E-state index is -1.41. The first-order valence-corrected chi connectivity index (χ1v) is 8.17. The Morgan fingerprint density at radius 3 is 2.07 bits per heavy atom. The fourth-order valence-electron chi connectivity index (χ4n) is 2.48. The lowest BCUT2D eigenvalue weighted by Gasteiger charge is -2.26. The average molecular weight is 380 g/mol. The van der Waals surface area contributed by atoms with Gasteiger partial charge in [0.2, 0.25) is 11.8 Å². The molecule has 1 aromatic rings. The summed E-state index contributed by atoms with van der Waals surface area (Å²) in [5.74, 6) is -5.71. The van der Waals surface area contributed by atoms with Gasteiger partial charge in [-0.15, -0.1) is 0 Å². The lowest BCUT2D eigenvalue weighted by Crippen LogP contribution is -2.53. The first-order valence-electron chi connectivity index (χ1n) is 8.17. The van der Waals surface area contributed by atoms with E-state index in [0.29, 0.717) is 0 Å². The minimum Gasteiger partial charge on any atom is -0.468 e. The number of nitrogens with two attached hydrogens (primary N) is 1. The molecule has 0 saturated heterocycles. The second-order valence-corrected chi connectivity index (χ2v) is 5.81. The smallest absolute Gasteiger partial charge is 0.320 e. The van der Waals surface area contributed by atoms with E-state index < -0.39 is 41.6 Å². The van der Waals surface area contributed by atoms with Gasteiger partial charge in [-0.25, -0.2) is 0 Å². The van der Waals surface area contributed by atoms with Crippen LogP contribution in [0.15, 0.2) is 30.3 Å². The van der Waals surface area contributed by atoms with Crippen LogP contribution < -0.4 is 11.1 Å². The van der Waals surface area contributed by atoms with Crippen molar-refractivity contribution in [3.8, 4) is 0 Å². The summed E-state index contributed by atoms with van der Waals surface area (Å²) >= 11 is 0. The third kappa shape index (κ3) is 6.70. The predicted octanol–water partition coefficient (Wildman–Crippen LogP) is -0.228. The van der Waals surface area contributed by atoms with Gasteiger partial charge in [0.1, 0.15) is 12.6 Å². The molecule has 0 bridgehead atoms. The van der Waals surface area contributed by atoms with Gasteiger partial charge in [0, 0.05) is 5.92 Å². The second kappa shape index (κ2) is 10.9. The van der Waals surface area contributed by atoms with Crippen molar-refractivity contribution in [3.63, 3.8) is 0 Å². The molecule has 0 spiro atoms. The molecule has 2 amide bonds. The highest BCUT2D eigenvalue weighted by atomic mass is 16.5. The van der Waals surface area contributed by atoms with Crippen molar-refractivity contribution in [2.75, 3.05) is 20.8 Å². The van der Waals surface area contributed by atoms with Crippen LogP contribution in [0.25, 0.3) is 0 Å². The molecule has 1 rings (SSSR count). The van der Waals surface area contributed by atoms with Crippen LogP contribution >= 0.6 is 0 Å². The monoisotopic (exact) mass is 380 g/mol. The predicted molar refractivity (Wildman–Crippen MR) is 93.9 cm³/mol. The Morgan fingerprint density at radius 1 is 1.04 bits per heavy atom. The van der Waals surface area contributed by atoms with Crippen molar-refractivity contribution < 1.29 is 33.4 Å². The Bertz CT molecular complexity index is 647. The molecule has 0 saturated carbocycles. The maximum absolute atomic E-state index is 12.1. The zero-order valence-electron chi connectivity index (χ0n) is 15.5. The molecule has 9 heteroatoms. The highest BCUT2D eigenvalue weighted by molar-refractivity contribution is 5.97. The van der Waals surface area contributed by atoms with E-state index in [9.17, 15) is 19.2 Å². The Kier molecular flexibility index (Phi) is 8.94. The van der Waals surface area contributed by atoms with Gasteiger partial charge in [-0.3, -0.25) is 19.2 Å². The summed E-state index contributed by atoms with van der Waals surface area (Å²) in [6, 6.07) is 7.91. The quantitative estimate of drug-likeness (QED) is 0.423. The fourth-order valence-corrected chi connectivity index (χ4v) is 2.48. The molecule has 0 aliphatic carbocycles. The Labute approximate surface area is 157 Å². The van der Waals surface area contributed by atoms with E-state index in [0.717, 1.165) is 19.8 Å². The molecule has 0 heterocycles. The Balaban J connectivity index is 2.72. The van der Waals surface area contributed by atoms with Crippen LogP contribution in [0.1, 0.15) is 12.5 Å². The molecule has 0 aliphatic heterocycles. The van der Waals surface area contributed by atoms with E-state index in [1.54, 1.807) is 0 Å². The number of carbonyl (C=O) groups is 4. The van der Waals surface area contributed by atoms with E-state index in [1.165, 1.54) is 6.92 Å². The maximum Gasteiger partial charge on any atom is 0.320 e. The number of amides is 2. The van der Waals surface area contributed by atoms with Crippen LogP contribution in [0.4, 0.5) is 0 Å². The number of carbonyl (C=O) groups excluding carboxylic acids is 4. The molecular formula is C18H24N2O7. The lowest BCUT2D eigenvalue weighted by atomic mass is 9.87. The maximum atomic E-state index is 12.1. The Morgan fingerprint density at radius 2 is 1.59 bits per heavy atom. The van der Waals surface area contributed by atoms with Gasteiger partial charge in [-0.05, 0) is 5.56 Å². The summed E-state index contributed by atoms with van der Waals surface area (Å²) in [6.45, 7) is 1.30. The van der Waals surface area contributed by atoms with Crippen LogP contribution in [0, 0.1) is 11.8 Å². The third-order valence-electron chi connectivity index (χ3n) is 3.93. The number of benzene rings is 1. The lowest BCUT2D eigenvalue weighted by molar-refractivity contribution is -0.162. The largest absolute Gasteiger partial charge is 0.468 e. The molecule has 3 N–H and O–H groups in total. The molecule has 1 aromatic carbocycles. The number of hydrogen-bond acceptors (Lipinski definition) is 7. The van der Waals surface area contributed by atoms with Crippen LogP contribution in [0.5, 0.6) is 0 Å². The van der Waals surface area contributed by atoms with Crippen molar-refractivity contribution >= 4 is 23.8 Å². The van der Waals surface area contributed by atoms with Crippen LogP contribution in [0.3, 0.4) is 0 Å². The average Bonchev–Trinajstić information content (AvgIpc) is 2.66. The summed E-state index contributed by atoms with van der Waals surface area (Å²) in [5, 5.41) is 2.39.